The van der Waals surface area contributed by atoms with E-state index in [9.17, 15) is 9.59 Å². The lowest BCUT2D eigenvalue weighted by atomic mass is 9.73. The molecule has 2 amide bonds. The molecule has 0 unspecified atom stereocenters. The van der Waals surface area contributed by atoms with Crippen LogP contribution in [0.4, 0.5) is 5.69 Å². The van der Waals surface area contributed by atoms with Gasteiger partial charge in [-0.15, -0.1) is 0 Å². The number of para-hydroxylation sites is 1. The fourth-order valence-electron chi connectivity index (χ4n) is 6.94. The average molecular weight is 410 g/mol. The number of carbonyl (C=O) groups is 2. The molecule has 1 aliphatic carbocycles. The smallest absolute Gasteiger partial charge is 0.232 e. The van der Waals surface area contributed by atoms with Crippen molar-refractivity contribution in [3.05, 3.63) is 30.3 Å². The molecule has 1 N–H and O–H groups in total. The molecule has 3 aliphatic heterocycles. The molecule has 0 aromatic heterocycles. The van der Waals surface area contributed by atoms with Crippen molar-refractivity contribution in [2.45, 2.75) is 64.0 Å². The fraction of sp³-hybridized carbons (Fsp3) is 0.680. The number of piperidine rings is 1. The van der Waals surface area contributed by atoms with Gasteiger partial charge in [0.1, 0.15) is 0 Å². The summed E-state index contributed by atoms with van der Waals surface area (Å²) < 4.78 is 0. The van der Waals surface area contributed by atoms with Crippen LogP contribution >= 0.6 is 0 Å². The van der Waals surface area contributed by atoms with Crippen molar-refractivity contribution < 1.29 is 9.59 Å². The molecule has 1 aromatic rings. The zero-order chi connectivity index (χ0) is 20.9. The van der Waals surface area contributed by atoms with Crippen molar-refractivity contribution in [2.75, 3.05) is 24.5 Å². The monoisotopic (exact) mass is 409 g/mol. The molecule has 30 heavy (non-hydrogen) atoms. The van der Waals surface area contributed by atoms with Gasteiger partial charge in [0.05, 0.1) is 17.4 Å². The third kappa shape index (κ3) is 3.17. The number of amides is 2. The predicted molar refractivity (Wildman–Crippen MR) is 118 cm³/mol. The Hall–Kier alpha value is -1.88. The fourth-order valence-corrected chi connectivity index (χ4v) is 6.94. The van der Waals surface area contributed by atoms with Gasteiger partial charge in [-0.25, -0.2) is 0 Å². The molecular formula is C25H35N3O2. The predicted octanol–water partition coefficient (Wildman–Crippen LogP) is 3.44. The Morgan fingerprint density at radius 1 is 0.967 bits per heavy atom. The van der Waals surface area contributed by atoms with E-state index >= 15 is 0 Å². The van der Waals surface area contributed by atoms with Crippen LogP contribution in [0.3, 0.4) is 0 Å². The van der Waals surface area contributed by atoms with Crippen LogP contribution in [0.5, 0.6) is 0 Å². The second-order valence-corrected chi connectivity index (χ2v) is 10.3. The van der Waals surface area contributed by atoms with Crippen LogP contribution in [0.2, 0.25) is 0 Å². The maximum atomic E-state index is 12.8. The van der Waals surface area contributed by atoms with Gasteiger partial charge in [-0.3, -0.25) is 14.9 Å². The number of rotatable bonds is 3. The summed E-state index contributed by atoms with van der Waals surface area (Å²) in [7, 11) is 0. The minimum absolute atomic E-state index is 0.0469. The van der Waals surface area contributed by atoms with E-state index in [1.54, 1.807) is 0 Å². The van der Waals surface area contributed by atoms with Gasteiger partial charge in [0.25, 0.3) is 0 Å². The summed E-state index contributed by atoms with van der Waals surface area (Å²) in [5, 5.41) is 2.63. The average Bonchev–Trinajstić information content (AvgIpc) is 3.24. The highest BCUT2D eigenvalue weighted by molar-refractivity contribution is 6.07. The highest BCUT2D eigenvalue weighted by Gasteiger charge is 2.62. The van der Waals surface area contributed by atoms with Crippen molar-refractivity contribution in [1.82, 2.24) is 10.2 Å². The van der Waals surface area contributed by atoms with Crippen molar-refractivity contribution in [2.24, 2.45) is 23.7 Å². The Balaban J connectivity index is 1.35. The Labute approximate surface area is 180 Å². The largest absolute Gasteiger partial charge is 0.364 e. The molecule has 0 radical (unpaired) electrons. The molecule has 1 aromatic carbocycles. The second kappa shape index (κ2) is 7.67. The molecule has 162 valence electrons. The quantitative estimate of drug-likeness (QED) is 0.777. The number of hydrogen-bond donors (Lipinski definition) is 1. The first kappa shape index (κ1) is 20.0. The maximum Gasteiger partial charge on any atom is 0.232 e. The lowest BCUT2D eigenvalue weighted by Gasteiger charge is -2.50. The molecule has 5 heteroatoms. The number of nitrogens with one attached hydrogen (secondary N) is 1. The molecule has 1 saturated carbocycles. The normalized spacial score (nSPS) is 33.9. The third-order valence-corrected chi connectivity index (χ3v) is 8.70. The first-order valence-electron chi connectivity index (χ1n) is 11.9. The topological polar surface area (TPSA) is 52.7 Å². The van der Waals surface area contributed by atoms with Gasteiger partial charge >= 0.3 is 0 Å². The van der Waals surface area contributed by atoms with Crippen molar-refractivity contribution >= 4 is 17.5 Å². The summed E-state index contributed by atoms with van der Waals surface area (Å²) >= 11 is 0. The first-order valence-corrected chi connectivity index (χ1v) is 11.9. The van der Waals surface area contributed by atoms with E-state index in [0.717, 1.165) is 43.5 Å². The van der Waals surface area contributed by atoms with Gasteiger partial charge in [0.2, 0.25) is 11.8 Å². The third-order valence-electron chi connectivity index (χ3n) is 8.70. The van der Waals surface area contributed by atoms with Gasteiger partial charge in [-0.05, 0) is 62.5 Å². The molecule has 0 bridgehead atoms. The molecule has 3 saturated heterocycles. The standard InChI is InChI=1S/C25H35N3O2/c1-17(2)18-8-10-19(11-9-18)27-14-12-25(13-15-27)22-21(23(29)26-24(22)30)16-28(25)20-6-4-3-5-7-20/h3-7,17-19,21-22H,8-16H2,1-2H3,(H,26,29,30)/t18?,19?,21-,22-/m0/s1. The Kier molecular flexibility index (Phi) is 5.12. The molecule has 4 fully saturated rings. The van der Waals surface area contributed by atoms with Gasteiger partial charge < -0.3 is 9.80 Å². The lowest BCUT2D eigenvalue weighted by molar-refractivity contribution is -0.127. The summed E-state index contributed by atoms with van der Waals surface area (Å²) in [6, 6.07) is 11.1. The van der Waals surface area contributed by atoms with Gasteiger partial charge in [0, 0.05) is 31.4 Å². The number of carbonyl (C=O) groups excluding carboxylic acids is 2. The van der Waals surface area contributed by atoms with E-state index in [0.29, 0.717) is 12.6 Å². The summed E-state index contributed by atoms with van der Waals surface area (Å²) in [5.41, 5.74) is 0.923. The Morgan fingerprint density at radius 2 is 1.63 bits per heavy atom. The number of likely N-dealkylation sites (tertiary alicyclic amines) is 1. The minimum atomic E-state index is -0.228. The van der Waals surface area contributed by atoms with Gasteiger partial charge in [-0.2, -0.15) is 0 Å². The number of nitrogens with zero attached hydrogens (tertiary/aromatic N) is 2. The minimum Gasteiger partial charge on any atom is -0.364 e. The zero-order valence-corrected chi connectivity index (χ0v) is 18.3. The molecule has 2 atom stereocenters. The van der Waals surface area contributed by atoms with E-state index in [2.05, 4.69) is 53.2 Å². The molecule has 5 rings (SSSR count). The Bertz CT molecular complexity index is 792. The van der Waals surface area contributed by atoms with Crippen LogP contribution < -0.4 is 10.2 Å². The van der Waals surface area contributed by atoms with Crippen LogP contribution in [0.15, 0.2) is 30.3 Å². The number of benzene rings is 1. The van der Waals surface area contributed by atoms with Crippen molar-refractivity contribution in [1.29, 1.82) is 0 Å². The number of anilines is 1. The molecular weight excluding hydrogens is 374 g/mol. The number of imide groups is 1. The highest BCUT2D eigenvalue weighted by atomic mass is 16.2. The van der Waals surface area contributed by atoms with Crippen molar-refractivity contribution in [3.8, 4) is 0 Å². The SMILES string of the molecule is CC(C)C1CCC(N2CCC3(CC2)[C@@H]2C(=O)NC(=O)[C@H]2CN3c2ccccc2)CC1. The van der Waals surface area contributed by atoms with Crippen molar-refractivity contribution in [3.63, 3.8) is 0 Å². The van der Waals surface area contributed by atoms with Crippen LogP contribution in [0, 0.1) is 23.7 Å². The Morgan fingerprint density at radius 3 is 2.27 bits per heavy atom. The van der Waals surface area contributed by atoms with Crippen LogP contribution in [0.25, 0.3) is 0 Å². The van der Waals surface area contributed by atoms with Gasteiger partial charge in [-0.1, -0.05) is 32.0 Å². The second-order valence-electron chi connectivity index (χ2n) is 10.3. The summed E-state index contributed by atoms with van der Waals surface area (Å²) in [6.45, 7) is 7.44. The molecule has 1 spiro atoms. The number of hydrogen-bond acceptors (Lipinski definition) is 4. The van der Waals surface area contributed by atoms with Crippen LogP contribution in [-0.2, 0) is 9.59 Å². The molecule has 3 heterocycles. The van der Waals surface area contributed by atoms with E-state index in [1.807, 2.05) is 6.07 Å². The van der Waals surface area contributed by atoms with E-state index < -0.39 is 0 Å². The van der Waals surface area contributed by atoms with Crippen LogP contribution in [-0.4, -0.2) is 47.9 Å². The molecule has 5 nitrogen and oxygen atoms in total. The van der Waals surface area contributed by atoms with E-state index in [1.165, 1.54) is 25.7 Å². The summed E-state index contributed by atoms with van der Waals surface area (Å²) in [4.78, 5) is 30.4. The zero-order valence-electron chi connectivity index (χ0n) is 18.3. The summed E-state index contributed by atoms with van der Waals surface area (Å²) in [6.07, 6.45) is 7.25. The maximum absolute atomic E-state index is 12.8. The van der Waals surface area contributed by atoms with Gasteiger partial charge in [0.15, 0.2) is 0 Å². The number of fused-ring (bicyclic) bond motifs is 2. The first-order chi connectivity index (χ1) is 14.5. The lowest BCUT2D eigenvalue weighted by Crippen LogP contribution is -2.59. The van der Waals surface area contributed by atoms with E-state index in [4.69, 9.17) is 0 Å². The summed E-state index contributed by atoms with van der Waals surface area (Å²) in [5.74, 6) is 1.15. The highest BCUT2D eigenvalue weighted by Crippen LogP contribution is 2.50. The molecule has 4 aliphatic rings. The van der Waals surface area contributed by atoms with E-state index in [-0.39, 0.29) is 29.2 Å². The van der Waals surface area contributed by atoms with Crippen LogP contribution in [0.1, 0.15) is 52.4 Å².